The van der Waals surface area contributed by atoms with Crippen molar-refractivity contribution in [1.82, 2.24) is 4.90 Å². The third kappa shape index (κ3) is 5.42. The largest absolute Gasteiger partial charge is 0.394 e. The van der Waals surface area contributed by atoms with Crippen LogP contribution in [0.3, 0.4) is 0 Å². The van der Waals surface area contributed by atoms with Crippen molar-refractivity contribution in [2.75, 3.05) is 23.0 Å². The molecule has 0 unspecified atom stereocenters. The molecule has 8 nitrogen and oxygen atoms in total. The van der Waals surface area contributed by atoms with E-state index in [9.17, 15) is 24.6 Å². The van der Waals surface area contributed by atoms with E-state index in [4.69, 9.17) is 11.6 Å². The highest BCUT2D eigenvalue weighted by molar-refractivity contribution is 6.31. The Balaban J connectivity index is 1.20. The standard InChI is InChI=1S/C35H36ClN3O5/c1-23(7-4-12-33(42)38-21-26-10-3-2-9-25(26)18-29(38)22-40)35(44)30-19-27(36)14-15-31(30)39(34(35)43)20-24-8-5-11-28(17-24)37-16-6-13-32(37)41/h2-5,7-11,14-15,17,19,23,29,40,44H,6,12-13,16,18,20-22H2,1H3/b7-4+/t23-,29+,35+/m1/s1. The molecule has 3 heterocycles. The molecule has 3 aromatic carbocycles. The van der Waals surface area contributed by atoms with Gasteiger partial charge in [0.25, 0.3) is 5.91 Å². The van der Waals surface area contributed by atoms with Crippen LogP contribution in [0.5, 0.6) is 0 Å². The molecule has 0 spiro atoms. The molecule has 0 aromatic heterocycles. The molecule has 6 rings (SSSR count). The first-order valence-electron chi connectivity index (χ1n) is 15.1. The number of carbonyl (C=O) groups is 3. The second-order valence-electron chi connectivity index (χ2n) is 11.9. The number of anilines is 2. The van der Waals surface area contributed by atoms with Crippen LogP contribution in [0, 0.1) is 5.92 Å². The molecule has 3 aliphatic rings. The average Bonchev–Trinajstić information content (AvgIpc) is 3.55. The topological polar surface area (TPSA) is 101 Å². The zero-order valence-corrected chi connectivity index (χ0v) is 25.4. The molecule has 3 aliphatic heterocycles. The van der Waals surface area contributed by atoms with E-state index in [1.165, 1.54) is 0 Å². The quantitative estimate of drug-likeness (QED) is 0.358. The summed E-state index contributed by atoms with van der Waals surface area (Å²) >= 11 is 6.35. The molecule has 3 aromatic rings. The number of carbonyl (C=O) groups excluding carboxylic acids is 3. The highest BCUT2D eigenvalue weighted by Gasteiger charge is 2.52. The number of aliphatic hydroxyl groups is 2. The second kappa shape index (κ2) is 12.2. The van der Waals surface area contributed by atoms with Gasteiger partial charge >= 0.3 is 0 Å². The van der Waals surface area contributed by atoms with E-state index in [1.54, 1.807) is 52.0 Å². The van der Waals surface area contributed by atoms with E-state index >= 15 is 0 Å². The summed E-state index contributed by atoms with van der Waals surface area (Å²) in [6, 6.07) is 20.3. The summed E-state index contributed by atoms with van der Waals surface area (Å²) in [6.07, 6.45) is 5.41. The molecule has 1 fully saturated rings. The summed E-state index contributed by atoms with van der Waals surface area (Å²) in [7, 11) is 0. The minimum Gasteiger partial charge on any atom is -0.394 e. The lowest BCUT2D eigenvalue weighted by atomic mass is 9.83. The zero-order valence-electron chi connectivity index (χ0n) is 24.7. The number of benzene rings is 3. The number of hydrogen-bond donors (Lipinski definition) is 2. The predicted octanol–water partition coefficient (Wildman–Crippen LogP) is 4.73. The summed E-state index contributed by atoms with van der Waals surface area (Å²) in [6.45, 7) is 2.93. The fourth-order valence-electron chi connectivity index (χ4n) is 6.67. The van der Waals surface area contributed by atoms with Gasteiger partial charge in [-0.3, -0.25) is 14.4 Å². The maximum atomic E-state index is 14.0. The molecule has 3 atom stereocenters. The maximum absolute atomic E-state index is 14.0. The van der Waals surface area contributed by atoms with Crippen LogP contribution < -0.4 is 9.80 Å². The van der Waals surface area contributed by atoms with Gasteiger partial charge in [-0.2, -0.15) is 0 Å². The Bertz CT molecular complexity index is 1640. The first-order valence-corrected chi connectivity index (χ1v) is 15.5. The van der Waals surface area contributed by atoms with E-state index in [2.05, 4.69) is 0 Å². The summed E-state index contributed by atoms with van der Waals surface area (Å²) in [5.74, 6) is -1.19. The Hall–Kier alpha value is -3.98. The first kappa shape index (κ1) is 30.1. The number of amides is 3. The van der Waals surface area contributed by atoms with Crippen LogP contribution >= 0.6 is 11.6 Å². The summed E-state index contributed by atoms with van der Waals surface area (Å²) in [5.41, 5.74) is 2.93. The van der Waals surface area contributed by atoms with Crippen molar-refractivity contribution in [1.29, 1.82) is 0 Å². The number of halogens is 1. The monoisotopic (exact) mass is 613 g/mol. The van der Waals surface area contributed by atoms with E-state index in [0.29, 0.717) is 42.2 Å². The smallest absolute Gasteiger partial charge is 0.264 e. The van der Waals surface area contributed by atoms with Gasteiger partial charge in [-0.25, -0.2) is 0 Å². The molecule has 2 N–H and O–H groups in total. The van der Waals surface area contributed by atoms with Gasteiger partial charge in [-0.15, -0.1) is 0 Å². The lowest BCUT2D eigenvalue weighted by Crippen LogP contribution is -2.46. The number of fused-ring (bicyclic) bond motifs is 2. The Morgan fingerprint density at radius 1 is 1.09 bits per heavy atom. The Kier molecular flexibility index (Phi) is 8.33. The van der Waals surface area contributed by atoms with Crippen molar-refractivity contribution in [2.24, 2.45) is 5.92 Å². The fraction of sp³-hybridized carbons (Fsp3) is 0.343. The molecule has 228 valence electrons. The minimum absolute atomic E-state index is 0.0708. The highest BCUT2D eigenvalue weighted by Crippen LogP contribution is 2.47. The average molecular weight is 614 g/mol. The molecular weight excluding hydrogens is 578 g/mol. The van der Waals surface area contributed by atoms with Gasteiger partial charge in [-0.05, 0) is 59.9 Å². The second-order valence-corrected chi connectivity index (χ2v) is 12.3. The van der Waals surface area contributed by atoms with Crippen LogP contribution in [0.25, 0.3) is 0 Å². The van der Waals surface area contributed by atoms with Crippen molar-refractivity contribution in [3.8, 4) is 0 Å². The van der Waals surface area contributed by atoms with Crippen LogP contribution in [-0.2, 0) is 39.5 Å². The van der Waals surface area contributed by atoms with Gasteiger partial charge in [-0.1, -0.05) is 67.1 Å². The summed E-state index contributed by atoms with van der Waals surface area (Å²) in [5, 5.41) is 22.4. The Morgan fingerprint density at radius 3 is 2.64 bits per heavy atom. The number of rotatable bonds is 8. The van der Waals surface area contributed by atoms with Gasteiger partial charge in [0, 0.05) is 48.1 Å². The number of aliphatic hydroxyl groups excluding tert-OH is 1. The molecule has 0 radical (unpaired) electrons. The molecule has 0 aliphatic carbocycles. The Labute approximate surface area is 262 Å². The number of hydrogen-bond acceptors (Lipinski definition) is 5. The molecule has 1 saturated heterocycles. The van der Waals surface area contributed by atoms with Crippen molar-refractivity contribution in [2.45, 2.75) is 57.3 Å². The molecule has 0 bridgehead atoms. The van der Waals surface area contributed by atoms with E-state index in [0.717, 1.165) is 28.8 Å². The van der Waals surface area contributed by atoms with Crippen molar-refractivity contribution in [3.05, 3.63) is 106 Å². The van der Waals surface area contributed by atoms with E-state index in [-0.39, 0.29) is 37.4 Å². The van der Waals surface area contributed by atoms with Crippen LogP contribution in [0.4, 0.5) is 11.4 Å². The number of nitrogens with zero attached hydrogens (tertiary/aromatic N) is 3. The highest BCUT2D eigenvalue weighted by atomic mass is 35.5. The van der Waals surface area contributed by atoms with Crippen molar-refractivity contribution in [3.63, 3.8) is 0 Å². The van der Waals surface area contributed by atoms with Crippen LogP contribution in [0.1, 0.15) is 48.4 Å². The SMILES string of the molecule is C[C@H](/C=C/CC(=O)N1Cc2ccccc2C[C@H]1CO)[C@@]1(O)C(=O)N(Cc2cccc(N3CCCC3=O)c2)c2ccc(Cl)cc21. The molecule has 0 saturated carbocycles. The minimum atomic E-state index is -1.89. The lowest BCUT2D eigenvalue weighted by Gasteiger charge is -2.36. The van der Waals surface area contributed by atoms with Gasteiger partial charge in [0.1, 0.15) is 0 Å². The first-order chi connectivity index (χ1) is 21.2. The summed E-state index contributed by atoms with van der Waals surface area (Å²) < 4.78 is 0. The van der Waals surface area contributed by atoms with Crippen LogP contribution in [0.2, 0.25) is 5.02 Å². The van der Waals surface area contributed by atoms with Crippen LogP contribution in [-0.4, -0.2) is 52.0 Å². The summed E-state index contributed by atoms with van der Waals surface area (Å²) in [4.78, 5) is 44.6. The molecular formula is C35H36ClN3O5. The Morgan fingerprint density at radius 2 is 1.89 bits per heavy atom. The maximum Gasteiger partial charge on any atom is 0.264 e. The van der Waals surface area contributed by atoms with E-state index < -0.39 is 17.4 Å². The zero-order chi connectivity index (χ0) is 31.0. The van der Waals surface area contributed by atoms with Gasteiger partial charge in [0.15, 0.2) is 5.60 Å². The third-order valence-electron chi connectivity index (χ3n) is 9.13. The van der Waals surface area contributed by atoms with Crippen molar-refractivity contribution < 1.29 is 24.6 Å². The predicted molar refractivity (Wildman–Crippen MR) is 169 cm³/mol. The van der Waals surface area contributed by atoms with Crippen LogP contribution in [0.15, 0.2) is 78.9 Å². The van der Waals surface area contributed by atoms with Crippen molar-refractivity contribution >= 4 is 40.7 Å². The van der Waals surface area contributed by atoms with E-state index in [1.807, 2.05) is 48.5 Å². The van der Waals surface area contributed by atoms with Gasteiger partial charge in [0.2, 0.25) is 11.8 Å². The molecule has 9 heteroatoms. The fourth-order valence-corrected chi connectivity index (χ4v) is 6.85. The van der Waals surface area contributed by atoms with Gasteiger partial charge < -0.3 is 24.9 Å². The lowest BCUT2D eigenvalue weighted by molar-refractivity contribution is -0.139. The normalized spacial score (nSPS) is 22.1. The third-order valence-corrected chi connectivity index (χ3v) is 9.37. The molecule has 3 amide bonds. The van der Waals surface area contributed by atoms with Gasteiger partial charge in [0.05, 0.1) is 24.9 Å². The molecule has 44 heavy (non-hydrogen) atoms.